The van der Waals surface area contributed by atoms with Crippen LogP contribution < -0.4 is 10.1 Å². The van der Waals surface area contributed by atoms with Crippen molar-refractivity contribution >= 4 is 11.6 Å². The van der Waals surface area contributed by atoms with Gasteiger partial charge < -0.3 is 19.5 Å². The van der Waals surface area contributed by atoms with Gasteiger partial charge in [-0.2, -0.15) is 0 Å². The van der Waals surface area contributed by atoms with E-state index >= 15 is 0 Å². The highest BCUT2D eigenvalue weighted by Crippen LogP contribution is 2.36. The monoisotopic (exact) mass is 335 g/mol. The molecule has 1 aliphatic rings. The van der Waals surface area contributed by atoms with E-state index in [2.05, 4.69) is 12.2 Å². The van der Waals surface area contributed by atoms with Gasteiger partial charge in [-0.15, -0.1) is 0 Å². The van der Waals surface area contributed by atoms with Crippen LogP contribution >= 0.6 is 0 Å². The van der Waals surface area contributed by atoms with Crippen LogP contribution in [0.3, 0.4) is 0 Å². The molecule has 0 aliphatic heterocycles. The van der Waals surface area contributed by atoms with Crippen molar-refractivity contribution in [2.45, 2.75) is 45.1 Å². The zero-order valence-corrected chi connectivity index (χ0v) is 15.0. The summed E-state index contributed by atoms with van der Waals surface area (Å²) in [4.78, 5) is 12.8. The molecule has 134 valence electrons. The predicted octanol–water partition coefficient (Wildman–Crippen LogP) is 3.64. The van der Waals surface area contributed by atoms with Crippen molar-refractivity contribution in [1.29, 1.82) is 0 Å². The fourth-order valence-electron chi connectivity index (χ4n) is 3.30. The third-order valence-electron chi connectivity index (χ3n) is 4.46. The van der Waals surface area contributed by atoms with Crippen molar-refractivity contribution in [2.75, 3.05) is 32.2 Å². The third kappa shape index (κ3) is 4.95. The molecule has 1 amide bonds. The van der Waals surface area contributed by atoms with E-state index in [9.17, 15) is 4.79 Å². The molecule has 1 fully saturated rings. The van der Waals surface area contributed by atoms with Gasteiger partial charge in [-0.1, -0.05) is 13.3 Å². The quantitative estimate of drug-likeness (QED) is 0.737. The van der Waals surface area contributed by atoms with Crippen molar-refractivity contribution < 1.29 is 19.0 Å². The molecule has 0 aromatic heterocycles. The van der Waals surface area contributed by atoms with Crippen LogP contribution in [-0.2, 0) is 14.3 Å². The molecule has 1 aliphatic carbocycles. The van der Waals surface area contributed by atoms with Gasteiger partial charge in [0.05, 0.1) is 6.61 Å². The standard InChI is InChI=1S/C19H29NO4/c1-4-24-19(11-5-6-15(2)14-19)18(21)20-16-7-9-17(10-8-16)23-13-12-22-3/h7-10,15H,4-6,11-14H2,1-3H3,(H,20,21)/t15-,19-/m0/s1. The van der Waals surface area contributed by atoms with Gasteiger partial charge in [0, 0.05) is 19.4 Å². The molecule has 5 heteroatoms. The van der Waals surface area contributed by atoms with Crippen molar-refractivity contribution in [3.63, 3.8) is 0 Å². The van der Waals surface area contributed by atoms with Crippen molar-refractivity contribution in [3.05, 3.63) is 24.3 Å². The van der Waals surface area contributed by atoms with E-state index in [1.807, 2.05) is 31.2 Å². The maximum atomic E-state index is 12.8. The van der Waals surface area contributed by atoms with E-state index in [0.717, 1.165) is 37.1 Å². The Balaban J connectivity index is 1.98. The number of ether oxygens (including phenoxy) is 3. The average Bonchev–Trinajstić information content (AvgIpc) is 2.57. The fraction of sp³-hybridized carbons (Fsp3) is 0.632. The molecule has 1 aromatic carbocycles. The molecule has 1 aromatic rings. The van der Waals surface area contributed by atoms with Crippen LogP contribution in [0.4, 0.5) is 5.69 Å². The zero-order valence-electron chi connectivity index (χ0n) is 15.0. The van der Waals surface area contributed by atoms with Crippen LogP contribution in [0, 0.1) is 5.92 Å². The first-order valence-electron chi connectivity index (χ1n) is 8.77. The molecule has 0 radical (unpaired) electrons. The molecular weight excluding hydrogens is 306 g/mol. The van der Waals surface area contributed by atoms with Gasteiger partial charge >= 0.3 is 0 Å². The third-order valence-corrected chi connectivity index (χ3v) is 4.46. The van der Waals surface area contributed by atoms with Crippen LogP contribution in [0.1, 0.15) is 39.5 Å². The lowest BCUT2D eigenvalue weighted by atomic mass is 9.78. The van der Waals surface area contributed by atoms with Crippen LogP contribution in [0.2, 0.25) is 0 Å². The molecule has 0 saturated heterocycles. The zero-order chi connectivity index (χ0) is 17.4. The molecule has 2 rings (SSSR count). The average molecular weight is 335 g/mol. The van der Waals surface area contributed by atoms with Crippen LogP contribution in [-0.4, -0.2) is 38.4 Å². The Morgan fingerprint density at radius 2 is 2.04 bits per heavy atom. The Bertz CT molecular complexity index is 513. The highest BCUT2D eigenvalue weighted by Gasteiger charge is 2.42. The Morgan fingerprint density at radius 1 is 1.29 bits per heavy atom. The maximum Gasteiger partial charge on any atom is 0.256 e. The summed E-state index contributed by atoms with van der Waals surface area (Å²) in [6, 6.07) is 7.40. The lowest BCUT2D eigenvalue weighted by molar-refractivity contribution is -0.147. The van der Waals surface area contributed by atoms with Crippen LogP contribution in [0.25, 0.3) is 0 Å². The van der Waals surface area contributed by atoms with E-state index in [1.54, 1.807) is 7.11 Å². The maximum absolute atomic E-state index is 12.8. The smallest absolute Gasteiger partial charge is 0.256 e. The van der Waals surface area contributed by atoms with Gasteiger partial charge in [0.15, 0.2) is 0 Å². The molecule has 1 saturated carbocycles. The minimum Gasteiger partial charge on any atom is -0.491 e. The van der Waals surface area contributed by atoms with Crippen LogP contribution in [0.15, 0.2) is 24.3 Å². The first-order chi connectivity index (χ1) is 11.6. The molecule has 0 bridgehead atoms. The molecule has 0 unspecified atom stereocenters. The van der Waals surface area contributed by atoms with Gasteiger partial charge in [0.25, 0.3) is 5.91 Å². The topological polar surface area (TPSA) is 56.8 Å². The lowest BCUT2D eigenvalue weighted by Gasteiger charge is -2.38. The minimum atomic E-state index is -0.694. The second-order valence-electron chi connectivity index (χ2n) is 6.45. The van der Waals surface area contributed by atoms with Crippen LogP contribution in [0.5, 0.6) is 5.75 Å². The van der Waals surface area contributed by atoms with Gasteiger partial charge in [0.1, 0.15) is 18.0 Å². The number of hydrogen-bond donors (Lipinski definition) is 1. The normalized spacial score (nSPS) is 23.7. The van der Waals surface area contributed by atoms with Gasteiger partial charge in [-0.05, 0) is 56.4 Å². The summed E-state index contributed by atoms with van der Waals surface area (Å²) in [5, 5.41) is 3.01. The largest absolute Gasteiger partial charge is 0.491 e. The van der Waals surface area contributed by atoms with Gasteiger partial charge in [-0.3, -0.25) is 4.79 Å². The van der Waals surface area contributed by atoms with E-state index in [4.69, 9.17) is 14.2 Å². The summed E-state index contributed by atoms with van der Waals surface area (Å²) < 4.78 is 16.4. The number of hydrogen-bond acceptors (Lipinski definition) is 4. The minimum absolute atomic E-state index is 0.0380. The Kier molecular flexibility index (Phi) is 7.06. The summed E-state index contributed by atoms with van der Waals surface area (Å²) in [7, 11) is 1.64. The molecule has 24 heavy (non-hydrogen) atoms. The second-order valence-corrected chi connectivity index (χ2v) is 6.45. The SMILES string of the molecule is CCO[C@@]1(C(=O)Nc2ccc(OCCOC)cc2)CCC[C@H](C)C1. The molecule has 0 spiro atoms. The van der Waals surface area contributed by atoms with E-state index in [0.29, 0.717) is 25.7 Å². The number of anilines is 1. The van der Waals surface area contributed by atoms with Crippen molar-refractivity contribution in [3.8, 4) is 5.75 Å². The highest BCUT2D eigenvalue weighted by molar-refractivity contribution is 5.97. The van der Waals surface area contributed by atoms with Crippen molar-refractivity contribution in [2.24, 2.45) is 5.92 Å². The van der Waals surface area contributed by atoms with Crippen molar-refractivity contribution in [1.82, 2.24) is 0 Å². The Morgan fingerprint density at radius 3 is 2.67 bits per heavy atom. The molecule has 1 N–H and O–H groups in total. The van der Waals surface area contributed by atoms with E-state index in [-0.39, 0.29) is 5.91 Å². The molecular formula is C19H29NO4. The highest BCUT2D eigenvalue weighted by atomic mass is 16.5. The summed E-state index contributed by atoms with van der Waals surface area (Å²) in [5.41, 5.74) is 0.0662. The number of methoxy groups -OCH3 is 1. The predicted molar refractivity (Wildman–Crippen MR) is 94.4 cm³/mol. The summed E-state index contributed by atoms with van der Waals surface area (Å²) in [6.45, 7) is 5.74. The Hall–Kier alpha value is -1.59. The fourth-order valence-corrected chi connectivity index (χ4v) is 3.30. The number of benzene rings is 1. The first-order valence-corrected chi connectivity index (χ1v) is 8.77. The Labute approximate surface area is 144 Å². The van der Waals surface area contributed by atoms with E-state index in [1.165, 1.54) is 0 Å². The molecule has 2 atom stereocenters. The van der Waals surface area contributed by atoms with Gasteiger partial charge in [-0.25, -0.2) is 0 Å². The number of amides is 1. The summed E-state index contributed by atoms with van der Waals surface area (Å²) in [5.74, 6) is 1.23. The number of carbonyl (C=O) groups is 1. The summed E-state index contributed by atoms with van der Waals surface area (Å²) in [6.07, 6.45) is 3.76. The molecule has 0 heterocycles. The summed E-state index contributed by atoms with van der Waals surface area (Å²) >= 11 is 0. The van der Waals surface area contributed by atoms with Gasteiger partial charge in [0.2, 0.25) is 0 Å². The number of nitrogens with one attached hydrogen (secondary N) is 1. The first kappa shape index (κ1) is 18.7. The molecule has 5 nitrogen and oxygen atoms in total. The number of carbonyl (C=O) groups excluding carboxylic acids is 1. The number of rotatable bonds is 8. The van der Waals surface area contributed by atoms with E-state index < -0.39 is 5.60 Å². The lowest BCUT2D eigenvalue weighted by Crippen LogP contribution is -2.48. The second kappa shape index (κ2) is 9.04.